The third-order valence-electron chi connectivity index (χ3n) is 5.85. The maximum atomic E-state index is 11.9. The van der Waals surface area contributed by atoms with Gasteiger partial charge < -0.3 is 0 Å². The zero-order chi connectivity index (χ0) is 24.8. The molecule has 0 bridgehead atoms. The van der Waals surface area contributed by atoms with Crippen LogP contribution in [0.1, 0.15) is 49.1 Å². The maximum absolute atomic E-state index is 11.9. The van der Waals surface area contributed by atoms with Gasteiger partial charge in [-0.15, -0.1) is 0 Å². The van der Waals surface area contributed by atoms with Crippen LogP contribution in [0.5, 0.6) is 0 Å². The Morgan fingerprint density at radius 2 is 1.38 bits per heavy atom. The van der Waals surface area contributed by atoms with Gasteiger partial charge in [-0.1, -0.05) is 79.7 Å². The molecule has 0 spiro atoms. The van der Waals surface area contributed by atoms with Gasteiger partial charge in [-0.3, -0.25) is 8.37 Å². The Balaban J connectivity index is 1.82. The molecule has 0 heterocycles. The predicted molar refractivity (Wildman–Crippen MR) is 136 cm³/mol. The summed E-state index contributed by atoms with van der Waals surface area (Å²) in [6.45, 7) is 2.03. The standard InChI is InChI=1S/C26H32O6S2/c1-20(23-14-13-22-11-7-8-12-24(22)18-23)17-25(21-9-5-4-6-10-21)19-26(32-34(3,29)30)15-16-31-33(2,27)28/h4-14,18,20,25-26H,15-17,19H2,1-3H3/t20-,25+,26?/m0/s1. The molecule has 6 nitrogen and oxygen atoms in total. The largest absolute Gasteiger partial charge is 0.270 e. The van der Waals surface area contributed by atoms with Gasteiger partial charge >= 0.3 is 0 Å². The Bertz CT molecular complexity index is 1290. The van der Waals surface area contributed by atoms with E-state index in [0.717, 1.165) is 24.5 Å². The highest BCUT2D eigenvalue weighted by Gasteiger charge is 2.25. The maximum Gasteiger partial charge on any atom is 0.264 e. The summed E-state index contributed by atoms with van der Waals surface area (Å²) in [6, 6.07) is 24.6. The van der Waals surface area contributed by atoms with Crippen molar-refractivity contribution in [1.29, 1.82) is 0 Å². The molecule has 1 unspecified atom stereocenters. The number of hydrogen-bond acceptors (Lipinski definition) is 6. The third kappa shape index (κ3) is 8.51. The highest BCUT2D eigenvalue weighted by Crippen LogP contribution is 2.35. The average Bonchev–Trinajstić information content (AvgIpc) is 2.77. The van der Waals surface area contributed by atoms with Gasteiger partial charge in [0.05, 0.1) is 25.2 Å². The molecule has 184 valence electrons. The molecule has 3 rings (SSSR count). The Morgan fingerprint density at radius 1 is 0.735 bits per heavy atom. The lowest BCUT2D eigenvalue weighted by molar-refractivity contribution is 0.153. The van der Waals surface area contributed by atoms with Crippen molar-refractivity contribution in [2.45, 2.75) is 44.1 Å². The Morgan fingerprint density at radius 3 is 2.03 bits per heavy atom. The number of rotatable bonds is 12. The third-order valence-corrected chi connectivity index (χ3v) is 7.06. The first-order valence-electron chi connectivity index (χ1n) is 11.3. The molecule has 0 aliphatic rings. The van der Waals surface area contributed by atoms with E-state index in [2.05, 4.69) is 37.3 Å². The van der Waals surface area contributed by atoms with E-state index in [-0.39, 0.29) is 24.9 Å². The Hall–Kier alpha value is -2.26. The van der Waals surface area contributed by atoms with Gasteiger partial charge in [0, 0.05) is 0 Å². The summed E-state index contributed by atoms with van der Waals surface area (Å²) in [5, 5.41) is 2.37. The first-order valence-corrected chi connectivity index (χ1v) is 14.9. The van der Waals surface area contributed by atoms with Crippen LogP contribution < -0.4 is 0 Å². The lowest BCUT2D eigenvalue weighted by Gasteiger charge is -2.26. The fourth-order valence-electron chi connectivity index (χ4n) is 4.27. The van der Waals surface area contributed by atoms with Crippen LogP contribution in [0.3, 0.4) is 0 Å². The average molecular weight is 505 g/mol. The van der Waals surface area contributed by atoms with E-state index >= 15 is 0 Å². The summed E-state index contributed by atoms with van der Waals surface area (Å²) < 4.78 is 56.7. The fourth-order valence-corrected chi connectivity index (χ4v) is 5.34. The lowest BCUT2D eigenvalue weighted by Crippen LogP contribution is -2.23. The minimum atomic E-state index is -3.73. The van der Waals surface area contributed by atoms with Gasteiger partial charge in [-0.2, -0.15) is 16.8 Å². The molecule has 0 saturated carbocycles. The zero-order valence-electron chi connectivity index (χ0n) is 19.8. The van der Waals surface area contributed by atoms with Crippen molar-refractivity contribution in [3.05, 3.63) is 83.9 Å². The van der Waals surface area contributed by atoms with E-state index in [1.807, 2.05) is 42.5 Å². The van der Waals surface area contributed by atoms with E-state index in [1.165, 1.54) is 16.3 Å². The minimum absolute atomic E-state index is 0.00709. The summed E-state index contributed by atoms with van der Waals surface area (Å²) in [4.78, 5) is 0. The van der Waals surface area contributed by atoms with E-state index in [0.29, 0.717) is 6.42 Å². The smallest absolute Gasteiger partial charge is 0.264 e. The van der Waals surface area contributed by atoms with Gasteiger partial charge in [0.25, 0.3) is 20.2 Å². The molecule has 0 N–H and O–H groups in total. The molecule has 3 aromatic rings. The Labute approximate surface area is 203 Å². The number of hydrogen-bond donors (Lipinski definition) is 0. The van der Waals surface area contributed by atoms with E-state index < -0.39 is 26.3 Å². The molecule has 0 aliphatic carbocycles. The van der Waals surface area contributed by atoms with Gasteiger partial charge in [-0.25, -0.2) is 0 Å². The number of fused-ring (bicyclic) bond motifs is 1. The molecular weight excluding hydrogens is 472 g/mol. The van der Waals surface area contributed by atoms with Crippen LogP contribution in [0.2, 0.25) is 0 Å². The molecule has 8 heteroatoms. The number of benzene rings is 3. The van der Waals surface area contributed by atoms with Crippen LogP contribution in [0.4, 0.5) is 0 Å². The summed E-state index contributed by atoms with van der Waals surface area (Å²) in [6.07, 6.45) is 2.62. The van der Waals surface area contributed by atoms with Crippen LogP contribution in [0.15, 0.2) is 72.8 Å². The van der Waals surface area contributed by atoms with Crippen molar-refractivity contribution < 1.29 is 25.2 Å². The van der Waals surface area contributed by atoms with Crippen LogP contribution in [0.25, 0.3) is 10.8 Å². The van der Waals surface area contributed by atoms with Crippen molar-refractivity contribution >= 4 is 31.0 Å². The van der Waals surface area contributed by atoms with Crippen LogP contribution >= 0.6 is 0 Å². The first-order chi connectivity index (χ1) is 16.0. The second-order valence-electron chi connectivity index (χ2n) is 8.82. The zero-order valence-corrected chi connectivity index (χ0v) is 21.4. The second kappa shape index (κ2) is 11.4. The summed E-state index contributed by atoms with van der Waals surface area (Å²) >= 11 is 0. The molecule has 0 amide bonds. The molecule has 0 aromatic heterocycles. The molecule has 0 aliphatic heterocycles. The van der Waals surface area contributed by atoms with Gasteiger partial charge in [0.1, 0.15) is 0 Å². The van der Waals surface area contributed by atoms with E-state index in [1.54, 1.807) is 0 Å². The monoisotopic (exact) mass is 504 g/mol. The van der Waals surface area contributed by atoms with Crippen molar-refractivity contribution in [2.24, 2.45) is 0 Å². The SMILES string of the molecule is C[C@@H](C[C@H](CC(CCOS(C)(=O)=O)OS(C)(=O)=O)c1ccccc1)c1ccc2ccccc2c1. The quantitative estimate of drug-likeness (QED) is 0.314. The topological polar surface area (TPSA) is 86.7 Å². The van der Waals surface area contributed by atoms with E-state index in [4.69, 9.17) is 8.37 Å². The summed E-state index contributed by atoms with van der Waals surface area (Å²) in [5.74, 6) is 0.216. The lowest BCUT2D eigenvalue weighted by atomic mass is 9.82. The second-order valence-corrected chi connectivity index (χ2v) is 12.1. The molecule has 0 fully saturated rings. The molecule has 3 atom stereocenters. The molecular formula is C26H32O6S2. The van der Waals surface area contributed by atoms with Crippen LogP contribution in [-0.4, -0.2) is 42.1 Å². The van der Waals surface area contributed by atoms with Crippen LogP contribution in [-0.2, 0) is 28.6 Å². The first kappa shape index (κ1) is 26.3. The van der Waals surface area contributed by atoms with Gasteiger partial charge in [0.15, 0.2) is 0 Å². The van der Waals surface area contributed by atoms with Crippen molar-refractivity contribution in [2.75, 3.05) is 19.1 Å². The highest BCUT2D eigenvalue weighted by molar-refractivity contribution is 7.86. The summed E-state index contributed by atoms with van der Waals surface area (Å²) in [5.41, 5.74) is 2.29. The van der Waals surface area contributed by atoms with Gasteiger partial charge in [0.2, 0.25) is 0 Å². The van der Waals surface area contributed by atoms with Gasteiger partial charge in [-0.05, 0) is 53.0 Å². The fraction of sp³-hybridized carbons (Fsp3) is 0.385. The molecule has 0 saturated heterocycles. The van der Waals surface area contributed by atoms with Crippen LogP contribution in [0, 0.1) is 0 Å². The predicted octanol–water partition coefficient (Wildman–Crippen LogP) is 5.22. The Kier molecular flexibility index (Phi) is 8.87. The van der Waals surface area contributed by atoms with Crippen molar-refractivity contribution in [3.8, 4) is 0 Å². The van der Waals surface area contributed by atoms with Crippen molar-refractivity contribution in [1.82, 2.24) is 0 Å². The molecule has 0 radical (unpaired) electrons. The molecule has 3 aromatic carbocycles. The summed E-state index contributed by atoms with van der Waals surface area (Å²) in [7, 11) is -7.35. The normalized spacial score (nSPS) is 15.1. The van der Waals surface area contributed by atoms with Crippen molar-refractivity contribution in [3.63, 3.8) is 0 Å². The minimum Gasteiger partial charge on any atom is -0.270 e. The molecule has 34 heavy (non-hydrogen) atoms. The highest BCUT2D eigenvalue weighted by atomic mass is 32.2. The van der Waals surface area contributed by atoms with E-state index in [9.17, 15) is 16.8 Å².